The van der Waals surface area contributed by atoms with Crippen molar-refractivity contribution in [2.24, 2.45) is 5.92 Å². The monoisotopic (exact) mass is 438 g/mol. The minimum Gasteiger partial charge on any atom is -0.326 e. The molecule has 28 heavy (non-hydrogen) atoms. The Bertz CT molecular complexity index is 1010. The van der Waals surface area contributed by atoms with E-state index in [4.69, 9.17) is 0 Å². The van der Waals surface area contributed by atoms with Crippen LogP contribution >= 0.6 is 15.9 Å². The maximum atomic E-state index is 12.7. The molecule has 0 bridgehead atoms. The van der Waals surface area contributed by atoms with Gasteiger partial charge in [-0.15, -0.1) is 0 Å². The Morgan fingerprint density at radius 1 is 1.07 bits per heavy atom. The molecule has 1 aliphatic rings. The number of nitrogens with zero attached hydrogens (tertiary/aromatic N) is 2. The summed E-state index contributed by atoms with van der Waals surface area (Å²) >= 11 is 3.42. The van der Waals surface area contributed by atoms with Gasteiger partial charge in [-0.1, -0.05) is 34.1 Å². The third-order valence-corrected chi connectivity index (χ3v) is 5.07. The van der Waals surface area contributed by atoms with Crippen LogP contribution in [0.4, 0.5) is 11.5 Å². The minimum atomic E-state index is -0.250. The summed E-state index contributed by atoms with van der Waals surface area (Å²) < 4.78 is 2.75. The van der Waals surface area contributed by atoms with Gasteiger partial charge in [0, 0.05) is 27.7 Å². The van der Waals surface area contributed by atoms with Crippen LogP contribution in [-0.2, 0) is 11.3 Å². The van der Waals surface area contributed by atoms with E-state index in [-0.39, 0.29) is 17.7 Å². The van der Waals surface area contributed by atoms with Gasteiger partial charge >= 0.3 is 0 Å². The first-order valence-corrected chi connectivity index (χ1v) is 9.86. The van der Waals surface area contributed by atoms with Gasteiger partial charge in [0.05, 0.1) is 12.7 Å². The summed E-state index contributed by atoms with van der Waals surface area (Å²) in [5, 5.41) is 10.1. The van der Waals surface area contributed by atoms with Crippen LogP contribution in [0.5, 0.6) is 0 Å². The van der Waals surface area contributed by atoms with E-state index in [2.05, 4.69) is 31.7 Å². The summed E-state index contributed by atoms with van der Waals surface area (Å²) in [6.45, 7) is 0.549. The Labute approximate surface area is 171 Å². The van der Waals surface area contributed by atoms with Crippen molar-refractivity contribution in [1.82, 2.24) is 9.78 Å². The molecule has 1 aliphatic carbocycles. The van der Waals surface area contributed by atoms with E-state index in [1.54, 1.807) is 41.2 Å². The lowest BCUT2D eigenvalue weighted by molar-refractivity contribution is -0.117. The van der Waals surface area contributed by atoms with E-state index in [0.29, 0.717) is 23.6 Å². The Kier molecular flexibility index (Phi) is 5.25. The number of hydrogen-bond donors (Lipinski definition) is 2. The van der Waals surface area contributed by atoms with Gasteiger partial charge in [-0.25, -0.2) is 4.68 Å². The maximum Gasteiger partial charge on any atom is 0.256 e. The lowest BCUT2D eigenvalue weighted by Gasteiger charge is -2.10. The van der Waals surface area contributed by atoms with Crippen molar-refractivity contribution in [2.75, 3.05) is 10.6 Å². The van der Waals surface area contributed by atoms with Crippen molar-refractivity contribution in [1.29, 1.82) is 0 Å². The van der Waals surface area contributed by atoms with Crippen LogP contribution in [0.25, 0.3) is 0 Å². The zero-order chi connectivity index (χ0) is 19.5. The first-order valence-electron chi connectivity index (χ1n) is 9.07. The molecule has 6 nitrogen and oxygen atoms in total. The lowest BCUT2D eigenvalue weighted by atomic mass is 10.2. The fraction of sp³-hybridized carbons (Fsp3) is 0.190. The fourth-order valence-electron chi connectivity index (χ4n) is 2.84. The predicted octanol–water partition coefficient (Wildman–Crippen LogP) is 4.29. The molecule has 1 saturated carbocycles. The second-order valence-electron chi connectivity index (χ2n) is 6.80. The van der Waals surface area contributed by atoms with E-state index in [1.165, 1.54) is 0 Å². The number of carbonyl (C=O) groups excluding carboxylic acids is 2. The molecular weight excluding hydrogens is 420 g/mol. The number of carbonyl (C=O) groups is 2. The second kappa shape index (κ2) is 7.98. The van der Waals surface area contributed by atoms with Gasteiger partial charge in [0.15, 0.2) is 0 Å². The van der Waals surface area contributed by atoms with Gasteiger partial charge in [-0.3, -0.25) is 9.59 Å². The standard InChI is InChI=1S/C21H19BrN4O2/c22-17-8-4-14(5-9-17)13-26-19(10-11-23-26)25-21(28)16-2-1-3-18(12-16)24-20(27)15-6-7-15/h1-5,8-12,15H,6-7,13H2,(H,24,27)(H,25,28). The van der Waals surface area contributed by atoms with Crippen molar-refractivity contribution in [3.63, 3.8) is 0 Å². The summed E-state index contributed by atoms with van der Waals surface area (Å²) in [5.74, 6) is 0.496. The summed E-state index contributed by atoms with van der Waals surface area (Å²) in [7, 11) is 0. The Balaban J connectivity index is 1.44. The summed E-state index contributed by atoms with van der Waals surface area (Å²) in [6.07, 6.45) is 3.53. The Hall–Kier alpha value is -2.93. The van der Waals surface area contributed by atoms with Gasteiger partial charge in [0.1, 0.15) is 5.82 Å². The molecule has 7 heteroatoms. The van der Waals surface area contributed by atoms with Crippen molar-refractivity contribution in [2.45, 2.75) is 19.4 Å². The molecule has 0 unspecified atom stereocenters. The SMILES string of the molecule is O=C(Nc1ccnn1Cc1ccc(Br)cc1)c1cccc(NC(=O)C2CC2)c1. The highest BCUT2D eigenvalue weighted by Crippen LogP contribution is 2.30. The van der Waals surface area contributed by atoms with Crippen LogP contribution in [0.3, 0.4) is 0 Å². The largest absolute Gasteiger partial charge is 0.326 e. The average molecular weight is 439 g/mol. The molecule has 3 aromatic rings. The van der Waals surface area contributed by atoms with Crippen molar-refractivity contribution in [3.05, 3.63) is 76.4 Å². The first kappa shape index (κ1) is 18.4. The summed E-state index contributed by atoms with van der Waals surface area (Å²) in [6, 6.07) is 16.7. The molecule has 2 aromatic carbocycles. The van der Waals surface area contributed by atoms with Crippen LogP contribution in [0.1, 0.15) is 28.8 Å². The van der Waals surface area contributed by atoms with Crippen molar-refractivity contribution in [3.8, 4) is 0 Å². The number of hydrogen-bond acceptors (Lipinski definition) is 3. The van der Waals surface area contributed by atoms with E-state index in [9.17, 15) is 9.59 Å². The van der Waals surface area contributed by atoms with Gasteiger partial charge in [-0.2, -0.15) is 5.10 Å². The minimum absolute atomic E-state index is 0.0186. The molecule has 0 aliphatic heterocycles. The number of anilines is 2. The lowest BCUT2D eigenvalue weighted by Crippen LogP contribution is -2.17. The van der Waals surface area contributed by atoms with Crippen LogP contribution < -0.4 is 10.6 Å². The van der Waals surface area contributed by atoms with Crippen LogP contribution in [0.15, 0.2) is 65.3 Å². The van der Waals surface area contributed by atoms with Crippen LogP contribution in [0, 0.1) is 5.92 Å². The highest BCUT2D eigenvalue weighted by molar-refractivity contribution is 9.10. The number of amides is 2. The van der Waals surface area contributed by atoms with Gasteiger partial charge in [0.25, 0.3) is 5.91 Å². The third-order valence-electron chi connectivity index (χ3n) is 4.54. The molecule has 1 aromatic heterocycles. The molecule has 0 atom stereocenters. The second-order valence-corrected chi connectivity index (χ2v) is 7.71. The zero-order valence-corrected chi connectivity index (χ0v) is 16.6. The number of rotatable bonds is 6. The molecule has 0 radical (unpaired) electrons. The maximum absolute atomic E-state index is 12.7. The van der Waals surface area contributed by atoms with E-state index >= 15 is 0 Å². The molecule has 0 saturated heterocycles. The normalized spacial score (nSPS) is 13.2. The quantitative estimate of drug-likeness (QED) is 0.602. The molecule has 142 valence electrons. The van der Waals surface area contributed by atoms with Gasteiger partial charge in [0.2, 0.25) is 5.91 Å². The Morgan fingerprint density at radius 3 is 2.61 bits per heavy atom. The number of benzene rings is 2. The highest BCUT2D eigenvalue weighted by Gasteiger charge is 2.29. The first-order chi connectivity index (χ1) is 13.6. The van der Waals surface area contributed by atoms with E-state index in [1.807, 2.05) is 24.3 Å². The van der Waals surface area contributed by atoms with E-state index in [0.717, 1.165) is 22.9 Å². The smallest absolute Gasteiger partial charge is 0.256 e. The molecule has 1 fully saturated rings. The van der Waals surface area contributed by atoms with Gasteiger partial charge < -0.3 is 10.6 Å². The summed E-state index contributed by atoms with van der Waals surface area (Å²) in [4.78, 5) is 24.6. The van der Waals surface area contributed by atoms with Crippen LogP contribution in [0.2, 0.25) is 0 Å². The highest BCUT2D eigenvalue weighted by atomic mass is 79.9. The summed E-state index contributed by atoms with van der Waals surface area (Å²) in [5.41, 5.74) is 2.19. The Morgan fingerprint density at radius 2 is 1.86 bits per heavy atom. The average Bonchev–Trinajstić information content (AvgIpc) is 3.46. The molecule has 0 spiro atoms. The molecular formula is C21H19BrN4O2. The van der Waals surface area contributed by atoms with Crippen molar-refractivity contribution < 1.29 is 9.59 Å². The topological polar surface area (TPSA) is 76.0 Å². The van der Waals surface area contributed by atoms with Gasteiger partial charge in [-0.05, 0) is 48.7 Å². The zero-order valence-electron chi connectivity index (χ0n) is 15.1. The number of nitrogens with one attached hydrogen (secondary N) is 2. The molecule has 2 N–H and O–H groups in total. The van der Waals surface area contributed by atoms with Crippen molar-refractivity contribution >= 4 is 39.2 Å². The molecule has 1 heterocycles. The molecule has 2 amide bonds. The number of halogens is 1. The van der Waals surface area contributed by atoms with E-state index < -0.39 is 0 Å². The predicted molar refractivity (Wildman–Crippen MR) is 111 cm³/mol. The van der Waals surface area contributed by atoms with Crippen LogP contribution in [-0.4, -0.2) is 21.6 Å². The molecule has 4 rings (SSSR count). The third kappa shape index (κ3) is 4.48. The number of aromatic nitrogens is 2. The fourth-order valence-corrected chi connectivity index (χ4v) is 3.11.